The first kappa shape index (κ1) is 42.4. The second kappa shape index (κ2) is 32.8. The van der Waals surface area contributed by atoms with E-state index in [1.807, 2.05) is 0 Å². The Morgan fingerprint density at radius 3 is 0.953 bits per heavy atom. The summed E-state index contributed by atoms with van der Waals surface area (Å²) >= 11 is 0. The average molecular weight is 609 g/mol. The van der Waals surface area contributed by atoms with E-state index in [9.17, 15) is 9.90 Å². The van der Waals surface area contributed by atoms with Crippen molar-refractivity contribution in [3.05, 3.63) is 0 Å². The van der Waals surface area contributed by atoms with Gasteiger partial charge in [0.2, 0.25) is 0 Å². The van der Waals surface area contributed by atoms with E-state index >= 15 is 0 Å². The minimum atomic E-state index is -1.27. The van der Waals surface area contributed by atoms with E-state index in [0.29, 0.717) is 6.42 Å². The van der Waals surface area contributed by atoms with Crippen LogP contribution in [0.5, 0.6) is 0 Å². The van der Waals surface area contributed by atoms with Crippen molar-refractivity contribution in [2.75, 3.05) is 0 Å². The van der Waals surface area contributed by atoms with Crippen LogP contribution in [0.2, 0.25) is 0 Å². The number of hydrogen-bond donors (Lipinski definition) is 3. The standard InChI is InChI=1S/C39H80N2O2/c1-3-5-7-9-11-13-15-17-19-21-23-25-27-29-31-33-35-37(40)39(41,38(42)43)36-34-32-30-28-26-24-22-20-18-16-14-12-10-8-6-4-2/h37H,3-36,40-41H2,1-2H3,(H,42,43). The molecule has 0 heterocycles. The normalized spacial score (nSPS) is 13.8. The predicted octanol–water partition coefficient (Wildman–Crippen LogP) is 12.4. The Bertz CT molecular complexity index is 569. The van der Waals surface area contributed by atoms with Gasteiger partial charge >= 0.3 is 5.97 Å². The number of carbonyl (C=O) groups is 1. The molecule has 258 valence electrons. The molecule has 0 aliphatic carbocycles. The lowest BCUT2D eigenvalue weighted by Gasteiger charge is -2.31. The summed E-state index contributed by atoms with van der Waals surface area (Å²) in [6, 6.07) is -0.451. The maximum atomic E-state index is 12.0. The first-order valence-corrected chi connectivity index (χ1v) is 19.8. The summed E-state index contributed by atoms with van der Waals surface area (Å²) in [6.07, 6.45) is 43.7. The molecule has 2 atom stereocenters. The fourth-order valence-electron chi connectivity index (χ4n) is 6.59. The number of unbranched alkanes of at least 4 members (excludes halogenated alkanes) is 30. The van der Waals surface area contributed by atoms with Crippen LogP contribution >= 0.6 is 0 Å². The fourth-order valence-corrected chi connectivity index (χ4v) is 6.59. The number of carboxylic acid groups (broad SMARTS) is 1. The Kier molecular flexibility index (Phi) is 32.3. The molecule has 4 nitrogen and oxygen atoms in total. The van der Waals surface area contributed by atoms with Crippen LogP contribution in [0.4, 0.5) is 0 Å². The predicted molar refractivity (Wildman–Crippen MR) is 191 cm³/mol. The molecule has 0 radical (unpaired) electrons. The third kappa shape index (κ3) is 27.4. The van der Waals surface area contributed by atoms with Gasteiger partial charge in [-0.1, -0.05) is 219 Å². The maximum absolute atomic E-state index is 12.0. The molecule has 0 saturated heterocycles. The van der Waals surface area contributed by atoms with Crippen LogP contribution in [0.3, 0.4) is 0 Å². The minimum absolute atomic E-state index is 0.451. The SMILES string of the molecule is CCCCCCCCCCCCCCCCCCC(N)C(N)(CCCCCCCCCCCCCCCCCC)C(=O)O. The van der Waals surface area contributed by atoms with Gasteiger partial charge in [0.05, 0.1) is 0 Å². The molecule has 0 spiro atoms. The fraction of sp³-hybridized carbons (Fsp3) is 0.974. The Balaban J connectivity index is 3.64. The molecule has 0 saturated carbocycles. The van der Waals surface area contributed by atoms with Gasteiger partial charge in [-0.25, -0.2) is 0 Å². The van der Waals surface area contributed by atoms with Crippen LogP contribution < -0.4 is 11.5 Å². The van der Waals surface area contributed by atoms with Crippen LogP contribution in [-0.4, -0.2) is 22.7 Å². The zero-order chi connectivity index (χ0) is 31.7. The zero-order valence-electron chi connectivity index (χ0n) is 29.6. The Labute approximate surface area is 270 Å². The third-order valence-electron chi connectivity index (χ3n) is 9.87. The molecule has 0 aliphatic rings. The summed E-state index contributed by atoms with van der Waals surface area (Å²) in [7, 11) is 0. The maximum Gasteiger partial charge on any atom is 0.325 e. The molecule has 2 unspecified atom stereocenters. The Hall–Kier alpha value is -0.610. The first-order chi connectivity index (χ1) is 21.0. The highest BCUT2D eigenvalue weighted by Gasteiger charge is 2.39. The van der Waals surface area contributed by atoms with E-state index in [1.54, 1.807) is 0 Å². The molecule has 0 aromatic rings. The molecule has 0 aromatic carbocycles. The smallest absolute Gasteiger partial charge is 0.325 e. The summed E-state index contributed by atoms with van der Waals surface area (Å²) in [5, 5.41) is 9.86. The molecule has 5 N–H and O–H groups in total. The lowest BCUT2D eigenvalue weighted by atomic mass is 9.83. The summed E-state index contributed by atoms with van der Waals surface area (Å²) < 4.78 is 0. The van der Waals surface area contributed by atoms with Crippen LogP contribution in [0.25, 0.3) is 0 Å². The molecule has 0 amide bonds. The largest absolute Gasteiger partial charge is 0.480 e. The topological polar surface area (TPSA) is 89.3 Å². The number of carboxylic acids is 1. The highest BCUT2D eigenvalue weighted by molar-refractivity contribution is 5.79. The molecule has 43 heavy (non-hydrogen) atoms. The van der Waals surface area contributed by atoms with Crippen molar-refractivity contribution in [1.82, 2.24) is 0 Å². The van der Waals surface area contributed by atoms with E-state index in [4.69, 9.17) is 11.5 Å². The van der Waals surface area contributed by atoms with E-state index in [-0.39, 0.29) is 0 Å². The van der Waals surface area contributed by atoms with Crippen LogP contribution in [0.1, 0.15) is 232 Å². The summed E-state index contributed by atoms with van der Waals surface area (Å²) in [4.78, 5) is 12.0. The van der Waals surface area contributed by atoms with Crippen molar-refractivity contribution >= 4 is 5.97 Å². The Morgan fingerprint density at radius 2 is 0.698 bits per heavy atom. The number of rotatable bonds is 36. The minimum Gasteiger partial charge on any atom is -0.480 e. The van der Waals surface area contributed by atoms with Gasteiger partial charge in [0.1, 0.15) is 5.54 Å². The average Bonchev–Trinajstić information content (AvgIpc) is 3.00. The molecule has 4 heteroatoms. The summed E-state index contributed by atoms with van der Waals surface area (Å²) in [6.45, 7) is 4.56. The van der Waals surface area contributed by atoms with Gasteiger partial charge in [-0.05, 0) is 12.8 Å². The van der Waals surface area contributed by atoms with Crippen molar-refractivity contribution in [3.8, 4) is 0 Å². The van der Waals surface area contributed by atoms with E-state index in [1.165, 1.54) is 180 Å². The summed E-state index contributed by atoms with van der Waals surface area (Å²) in [5.74, 6) is -0.919. The summed E-state index contributed by atoms with van der Waals surface area (Å²) in [5.41, 5.74) is 11.5. The van der Waals surface area contributed by atoms with Gasteiger partial charge in [-0.2, -0.15) is 0 Å². The van der Waals surface area contributed by atoms with E-state index < -0.39 is 17.6 Å². The first-order valence-electron chi connectivity index (χ1n) is 19.8. The lowest BCUT2D eigenvalue weighted by Crippen LogP contribution is -2.60. The van der Waals surface area contributed by atoms with Crippen LogP contribution in [-0.2, 0) is 4.79 Å². The Morgan fingerprint density at radius 1 is 0.465 bits per heavy atom. The van der Waals surface area contributed by atoms with E-state index in [2.05, 4.69) is 13.8 Å². The molecular formula is C39H80N2O2. The third-order valence-corrected chi connectivity index (χ3v) is 9.87. The molecule has 0 fully saturated rings. The van der Waals surface area contributed by atoms with Crippen molar-refractivity contribution in [2.45, 2.75) is 244 Å². The van der Waals surface area contributed by atoms with Crippen molar-refractivity contribution in [1.29, 1.82) is 0 Å². The molecular weight excluding hydrogens is 528 g/mol. The van der Waals surface area contributed by atoms with Gasteiger partial charge in [0.15, 0.2) is 0 Å². The molecule has 0 bridgehead atoms. The van der Waals surface area contributed by atoms with Crippen molar-refractivity contribution in [3.63, 3.8) is 0 Å². The second-order valence-corrected chi connectivity index (χ2v) is 14.1. The zero-order valence-corrected chi connectivity index (χ0v) is 29.6. The lowest BCUT2D eigenvalue weighted by molar-refractivity contribution is -0.144. The van der Waals surface area contributed by atoms with Crippen LogP contribution in [0.15, 0.2) is 0 Å². The molecule has 0 aliphatic heterocycles. The molecule has 0 rings (SSSR count). The quantitative estimate of drug-likeness (QED) is 0.0617. The van der Waals surface area contributed by atoms with Crippen LogP contribution in [0, 0.1) is 0 Å². The van der Waals surface area contributed by atoms with Gasteiger partial charge in [0, 0.05) is 6.04 Å². The van der Waals surface area contributed by atoms with Gasteiger partial charge in [0.25, 0.3) is 0 Å². The monoisotopic (exact) mass is 609 g/mol. The van der Waals surface area contributed by atoms with Gasteiger partial charge in [-0.15, -0.1) is 0 Å². The van der Waals surface area contributed by atoms with Crippen molar-refractivity contribution in [2.24, 2.45) is 11.5 Å². The number of hydrogen-bond acceptors (Lipinski definition) is 3. The van der Waals surface area contributed by atoms with Crippen molar-refractivity contribution < 1.29 is 9.90 Å². The second-order valence-electron chi connectivity index (χ2n) is 14.1. The van der Waals surface area contributed by atoms with Gasteiger partial charge in [-0.3, -0.25) is 4.79 Å². The highest BCUT2D eigenvalue weighted by Crippen LogP contribution is 2.22. The number of nitrogens with two attached hydrogens (primary N) is 2. The molecule has 0 aromatic heterocycles. The highest BCUT2D eigenvalue weighted by atomic mass is 16.4. The van der Waals surface area contributed by atoms with Gasteiger partial charge < -0.3 is 16.6 Å². The number of aliphatic carboxylic acids is 1. The van der Waals surface area contributed by atoms with E-state index in [0.717, 1.165) is 32.1 Å².